The smallest absolute Gasteiger partial charge is 0.145 e. The summed E-state index contributed by atoms with van der Waals surface area (Å²) in [6, 6.07) is 15.8. The number of aromatic nitrogens is 1. The van der Waals surface area contributed by atoms with Crippen molar-refractivity contribution in [2.24, 2.45) is 0 Å². The van der Waals surface area contributed by atoms with Gasteiger partial charge in [0.15, 0.2) is 0 Å². The monoisotopic (exact) mass is 481 g/mol. The second-order valence-electron chi connectivity index (χ2n) is 8.90. The summed E-state index contributed by atoms with van der Waals surface area (Å²) in [4.78, 5) is 2.38. The zero-order valence-corrected chi connectivity index (χ0v) is 19.9. The highest BCUT2D eigenvalue weighted by atomic mass is 35.5. The number of halogens is 2. The summed E-state index contributed by atoms with van der Waals surface area (Å²) in [6.07, 6.45) is 4.21. The highest BCUT2D eigenvalue weighted by Gasteiger charge is 2.34. The number of rotatable bonds is 6. The first kappa shape index (κ1) is 22.3. The molecule has 0 amide bonds. The average Bonchev–Trinajstić information content (AvgIpc) is 3.58. The Morgan fingerprint density at radius 2 is 1.85 bits per heavy atom. The minimum atomic E-state index is 0.145. The van der Waals surface area contributed by atoms with Crippen molar-refractivity contribution < 1.29 is 9.26 Å². The van der Waals surface area contributed by atoms with Gasteiger partial charge >= 0.3 is 0 Å². The van der Waals surface area contributed by atoms with Crippen LogP contribution in [0.15, 0.2) is 47.0 Å². The van der Waals surface area contributed by atoms with Gasteiger partial charge in [-0.15, -0.1) is 0 Å². The van der Waals surface area contributed by atoms with Crippen molar-refractivity contribution in [3.05, 3.63) is 69.4 Å². The van der Waals surface area contributed by atoms with Gasteiger partial charge < -0.3 is 14.2 Å². The molecule has 1 aliphatic heterocycles. The normalized spacial score (nSPS) is 20.6. The quantitative estimate of drug-likeness (QED) is 0.380. The highest BCUT2D eigenvalue weighted by Crippen LogP contribution is 2.46. The maximum atomic E-state index is 9.04. The van der Waals surface area contributed by atoms with E-state index < -0.39 is 0 Å². The van der Waals surface area contributed by atoms with E-state index in [2.05, 4.69) is 23.0 Å². The second-order valence-corrected chi connectivity index (χ2v) is 9.72. The Balaban J connectivity index is 1.30. The van der Waals surface area contributed by atoms with Gasteiger partial charge in [-0.1, -0.05) is 34.4 Å². The number of ether oxygens (including phenoxy) is 1. The van der Waals surface area contributed by atoms with E-state index in [9.17, 15) is 0 Å². The van der Waals surface area contributed by atoms with Crippen molar-refractivity contribution in [1.29, 1.82) is 5.26 Å². The largest absolute Gasteiger partial charge is 0.373 e. The van der Waals surface area contributed by atoms with Crippen LogP contribution in [0.4, 0.5) is 5.69 Å². The lowest BCUT2D eigenvalue weighted by Crippen LogP contribution is -2.43. The summed E-state index contributed by atoms with van der Waals surface area (Å²) in [5.74, 6) is 1.31. The van der Waals surface area contributed by atoms with Gasteiger partial charge in [0.1, 0.15) is 11.5 Å². The number of nitriles is 1. The van der Waals surface area contributed by atoms with E-state index in [0.29, 0.717) is 45.4 Å². The summed E-state index contributed by atoms with van der Waals surface area (Å²) < 4.78 is 12.2. The van der Waals surface area contributed by atoms with Crippen molar-refractivity contribution >= 4 is 28.9 Å². The third-order valence-electron chi connectivity index (χ3n) is 6.59. The summed E-state index contributed by atoms with van der Waals surface area (Å²) in [7, 11) is 0. The molecule has 0 radical (unpaired) electrons. The van der Waals surface area contributed by atoms with Crippen LogP contribution < -0.4 is 4.90 Å². The van der Waals surface area contributed by atoms with Crippen molar-refractivity contribution in [1.82, 2.24) is 5.16 Å². The van der Waals surface area contributed by atoms with Crippen LogP contribution in [0.3, 0.4) is 0 Å². The molecular weight excluding hydrogens is 457 g/mol. The number of benzene rings is 2. The fourth-order valence-corrected chi connectivity index (χ4v) is 5.22. The molecule has 7 heteroatoms. The first-order valence-electron chi connectivity index (χ1n) is 11.4. The van der Waals surface area contributed by atoms with E-state index in [-0.39, 0.29) is 6.10 Å². The minimum Gasteiger partial charge on any atom is -0.373 e. The van der Waals surface area contributed by atoms with Gasteiger partial charge in [0, 0.05) is 35.3 Å². The molecule has 2 aromatic carbocycles. The molecule has 1 aromatic heterocycles. The molecule has 2 heterocycles. The van der Waals surface area contributed by atoms with Gasteiger partial charge in [0.25, 0.3) is 0 Å². The van der Waals surface area contributed by atoms with Crippen LogP contribution in [0.1, 0.15) is 55.4 Å². The van der Waals surface area contributed by atoms with Crippen LogP contribution in [-0.2, 0) is 11.3 Å². The zero-order valence-electron chi connectivity index (χ0n) is 18.4. The van der Waals surface area contributed by atoms with Gasteiger partial charge in [-0.3, -0.25) is 0 Å². The topological polar surface area (TPSA) is 62.3 Å². The zero-order chi connectivity index (χ0) is 22.9. The van der Waals surface area contributed by atoms with Crippen LogP contribution in [0.5, 0.6) is 0 Å². The van der Waals surface area contributed by atoms with E-state index in [0.717, 1.165) is 49.2 Å². The Morgan fingerprint density at radius 3 is 2.48 bits per heavy atom. The van der Waals surface area contributed by atoms with E-state index in [1.165, 1.54) is 0 Å². The SMILES string of the molecule is C[C@@H]1C[C@H](OCc2c(-c3c(Cl)cccc3Cl)noc2C2CC2)CCN1c1ccc(C#N)cc1. The third-order valence-corrected chi connectivity index (χ3v) is 7.22. The van der Waals surface area contributed by atoms with E-state index in [1.807, 2.05) is 42.5 Å². The number of anilines is 1. The Bertz CT molecular complexity index is 1160. The summed E-state index contributed by atoms with van der Waals surface area (Å²) >= 11 is 12.9. The van der Waals surface area contributed by atoms with Crippen LogP contribution in [0.25, 0.3) is 11.3 Å². The summed E-state index contributed by atoms with van der Waals surface area (Å²) in [5, 5.41) is 14.5. The number of piperidine rings is 1. The molecule has 1 aliphatic carbocycles. The van der Waals surface area contributed by atoms with Gasteiger partial charge in [-0.25, -0.2) is 0 Å². The average molecular weight is 482 g/mol. The van der Waals surface area contributed by atoms with Gasteiger partial charge in [0.2, 0.25) is 0 Å². The first-order valence-corrected chi connectivity index (χ1v) is 12.1. The molecular formula is C26H25Cl2N3O2. The Labute approximate surface area is 203 Å². The van der Waals surface area contributed by atoms with Crippen LogP contribution in [0.2, 0.25) is 10.0 Å². The fraction of sp³-hybridized carbons (Fsp3) is 0.385. The lowest BCUT2D eigenvalue weighted by molar-refractivity contribution is 0.0175. The lowest BCUT2D eigenvalue weighted by atomic mass is 9.99. The van der Waals surface area contributed by atoms with Gasteiger partial charge in [-0.2, -0.15) is 5.26 Å². The molecule has 33 heavy (non-hydrogen) atoms. The molecule has 2 atom stereocenters. The van der Waals surface area contributed by atoms with Crippen LogP contribution >= 0.6 is 23.2 Å². The molecule has 2 aliphatic rings. The van der Waals surface area contributed by atoms with Crippen molar-refractivity contribution in [3.8, 4) is 17.3 Å². The Morgan fingerprint density at radius 1 is 1.12 bits per heavy atom. The van der Waals surface area contributed by atoms with Crippen LogP contribution in [-0.4, -0.2) is 23.8 Å². The first-order chi connectivity index (χ1) is 16.0. The fourth-order valence-electron chi connectivity index (χ4n) is 4.64. The van der Waals surface area contributed by atoms with Gasteiger partial charge in [0.05, 0.1) is 34.4 Å². The predicted molar refractivity (Wildman–Crippen MR) is 130 cm³/mol. The summed E-state index contributed by atoms with van der Waals surface area (Å²) in [6.45, 7) is 3.55. The molecule has 170 valence electrons. The third kappa shape index (κ3) is 4.61. The minimum absolute atomic E-state index is 0.145. The number of nitrogens with zero attached hydrogens (tertiary/aromatic N) is 3. The molecule has 0 bridgehead atoms. The van der Waals surface area contributed by atoms with E-state index in [1.54, 1.807) is 0 Å². The standard InChI is InChI=1S/C26H25Cl2N3O2/c1-16-13-20(11-12-31(16)19-9-5-17(14-29)6-10-19)32-15-21-25(30-33-26(21)18-7-8-18)24-22(27)3-2-4-23(24)28/h2-6,9-10,16,18,20H,7-8,11-13,15H2,1H3/t16-,20-/m1/s1. The maximum Gasteiger partial charge on any atom is 0.145 e. The summed E-state index contributed by atoms with van der Waals surface area (Å²) in [5.41, 5.74) is 4.19. The molecule has 1 saturated heterocycles. The molecule has 0 unspecified atom stereocenters. The predicted octanol–water partition coefficient (Wildman–Crippen LogP) is 6.97. The van der Waals surface area contributed by atoms with Crippen molar-refractivity contribution in [2.75, 3.05) is 11.4 Å². The lowest BCUT2D eigenvalue weighted by Gasteiger charge is -2.39. The molecule has 3 aromatic rings. The second kappa shape index (κ2) is 9.38. The van der Waals surface area contributed by atoms with Crippen molar-refractivity contribution in [2.45, 2.75) is 57.3 Å². The highest BCUT2D eigenvalue weighted by molar-refractivity contribution is 6.39. The number of hydrogen-bond donors (Lipinski definition) is 0. The molecule has 0 spiro atoms. The molecule has 5 rings (SSSR count). The van der Waals surface area contributed by atoms with E-state index >= 15 is 0 Å². The molecule has 2 fully saturated rings. The van der Waals surface area contributed by atoms with E-state index in [4.69, 9.17) is 37.7 Å². The Hall–Kier alpha value is -2.52. The molecule has 5 nitrogen and oxygen atoms in total. The van der Waals surface area contributed by atoms with Gasteiger partial charge in [-0.05, 0) is 69.0 Å². The Kier molecular flexibility index (Phi) is 6.34. The van der Waals surface area contributed by atoms with Crippen LogP contribution in [0, 0.1) is 11.3 Å². The number of hydrogen-bond acceptors (Lipinski definition) is 5. The van der Waals surface area contributed by atoms with Crippen molar-refractivity contribution in [3.63, 3.8) is 0 Å². The molecule has 0 N–H and O–H groups in total. The molecule has 1 saturated carbocycles. The maximum absolute atomic E-state index is 9.04.